The van der Waals surface area contributed by atoms with E-state index in [1.54, 1.807) is 12.3 Å². The summed E-state index contributed by atoms with van der Waals surface area (Å²) in [5.41, 5.74) is 12.3. The molecule has 0 saturated carbocycles. The van der Waals surface area contributed by atoms with Crippen LogP contribution in [0.3, 0.4) is 0 Å². The first-order valence-corrected chi connectivity index (χ1v) is 16.6. The van der Waals surface area contributed by atoms with Crippen LogP contribution in [0.2, 0.25) is 0 Å². The van der Waals surface area contributed by atoms with Crippen LogP contribution >= 0.6 is 0 Å². The molecule has 1 saturated heterocycles. The Balaban J connectivity index is 1.19. The van der Waals surface area contributed by atoms with Crippen molar-refractivity contribution >= 4 is 28.2 Å². The largest absolute Gasteiger partial charge is 0.383 e. The van der Waals surface area contributed by atoms with Gasteiger partial charge in [-0.2, -0.15) is 5.10 Å². The molecule has 2 aromatic carbocycles. The number of aryl methyl sites for hydroxylation is 2. The lowest BCUT2D eigenvalue weighted by Crippen LogP contribution is -2.45. The number of carbonyl (C=O) groups excluding carboxylic acids is 1. The molecule has 1 aliphatic heterocycles. The van der Waals surface area contributed by atoms with E-state index in [1.165, 1.54) is 53.2 Å². The number of pyridine rings is 1. The van der Waals surface area contributed by atoms with Gasteiger partial charge in [0, 0.05) is 53.4 Å². The van der Waals surface area contributed by atoms with E-state index in [-0.39, 0.29) is 29.1 Å². The van der Waals surface area contributed by atoms with Crippen LogP contribution in [0.15, 0.2) is 54.9 Å². The standard InChI is InChI=1S/C37H43F2N7O/c1-5-12-44(13-6-2)27-10-14-45(15-11-27)34-20-32-25(16-23(34)3)18-33(43-32)36(47)29-21-42-46(37(29)40)35-22-41-26(17-24(35)4)19-28-30(38)8-7-9-31(28)39/h7-9,16-18,20-22,27,43H,5-6,10-15,19,40H2,1-4H3. The van der Waals surface area contributed by atoms with Crippen molar-refractivity contribution in [3.8, 4) is 5.69 Å². The molecule has 0 atom stereocenters. The van der Waals surface area contributed by atoms with Crippen molar-refractivity contribution < 1.29 is 13.6 Å². The van der Waals surface area contributed by atoms with Crippen molar-refractivity contribution in [3.05, 3.63) is 100 Å². The smallest absolute Gasteiger partial charge is 0.214 e. The molecule has 3 N–H and O–H groups in total. The molecule has 0 amide bonds. The molecular weight excluding hydrogens is 596 g/mol. The third kappa shape index (κ3) is 6.52. The molecule has 0 unspecified atom stereocenters. The average Bonchev–Trinajstić information content (AvgIpc) is 3.65. The van der Waals surface area contributed by atoms with Gasteiger partial charge < -0.3 is 20.5 Å². The van der Waals surface area contributed by atoms with Crippen molar-refractivity contribution in [1.82, 2.24) is 24.6 Å². The number of benzene rings is 2. The number of nitrogen functional groups attached to an aromatic ring is 1. The summed E-state index contributed by atoms with van der Waals surface area (Å²) in [5, 5.41) is 5.37. The number of hydrogen-bond acceptors (Lipinski definition) is 6. The van der Waals surface area contributed by atoms with E-state index in [0.717, 1.165) is 55.5 Å². The topological polar surface area (TPSA) is 96.1 Å². The number of hydrogen-bond donors (Lipinski definition) is 2. The molecule has 1 fully saturated rings. The zero-order valence-electron chi connectivity index (χ0n) is 27.6. The summed E-state index contributed by atoms with van der Waals surface area (Å²) < 4.78 is 29.8. The fourth-order valence-corrected chi connectivity index (χ4v) is 6.95. The van der Waals surface area contributed by atoms with Crippen LogP contribution in [-0.4, -0.2) is 62.7 Å². The maximum Gasteiger partial charge on any atom is 0.214 e. The minimum Gasteiger partial charge on any atom is -0.383 e. The summed E-state index contributed by atoms with van der Waals surface area (Å²) in [6.07, 6.45) is 7.70. The van der Waals surface area contributed by atoms with E-state index in [0.29, 0.717) is 23.1 Å². The Morgan fingerprint density at radius 3 is 2.32 bits per heavy atom. The average molecular weight is 640 g/mol. The highest BCUT2D eigenvalue weighted by Gasteiger charge is 2.26. The normalized spacial score (nSPS) is 14.1. The summed E-state index contributed by atoms with van der Waals surface area (Å²) >= 11 is 0. The van der Waals surface area contributed by atoms with Crippen molar-refractivity contribution in [2.45, 2.75) is 65.8 Å². The van der Waals surface area contributed by atoms with Crippen LogP contribution in [0.4, 0.5) is 20.3 Å². The molecule has 47 heavy (non-hydrogen) atoms. The van der Waals surface area contributed by atoms with Gasteiger partial charge in [-0.05, 0) is 100 Å². The second-order valence-corrected chi connectivity index (χ2v) is 12.7. The maximum atomic E-state index is 14.2. The second-order valence-electron chi connectivity index (χ2n) is 12.7. The van der Waals surface area contributed by atoms with Crippen LogP contribution in [-0.2, 0) is 6.42 Å². The van der Waals surface area contributed by atoms with Gasteiger partial charge in [0.25, 0.3) is 0 Å². The van der Waals surface area contributed by atoms with Crippen molar-refractivity contribution in [1.29, 1.82) is 0 Å². The third-order valence-electron chi connectivity index (χ3n) is 9.36. The number of halogens is 2. The van der Waals surface area contributed by atoms with Gasteiger partial charge >= 0.3 is 0 Å². The predicted molar refractivity (Wildman–Crippen MR) is 184 cm³/mol. The lowest BCUT2D eigenvalue weighted by Gasteiger charge is -2.40. The first kappa shape index (κ1) is 32.4. The minimum atomic E-state index is -0.613. The van der Waals surface area contributed by atoms with E-state index < -0.39 is 11.6 Å². The second kappa shape index (κ2) is 13.7. The fraction of sp³-hybridized carbons (Fsp3) is 0.378. The Labute approximate surface area is 274 Å². The first-order valence-electron chi connectivity index (χ1n) is 16.6. The molecule has 0 bridgehead atoms. The van der Waals surface area contributed by atoms with Gasteiger partial charge in [-0.25, -0.2) is 13.5 Å². The molecule has 10 heteroatoms. The van der Waals surface area contributed by atoms with Crippen LogP contribution in [0.5, 0.6) is 0 Å². The molecule has 0 aliphatic carbocycles. The summed E-state index contributed by atoms with van der Waals surface area (Å²) in [6.45, 7) is 12.8. The van der Waals surface area contributed by atoms with Crippen LogP contribution < -0.4 is 10.6 Å². The first-order chi connectivity index (χ1) is 22.7. The lowest BCUT2D eigenvalue weighted by molar-refractivity contribution is 0.103. The van der Waals surface area contributed by atoms with Crippen LogP contribution in [0.1, 0.15) is 78.0 Å². The number of fused-ring (bicyclic) bond motifs is 1. The summed E-state index contributed by atoms with van der Waals surface area (Å²) in [4.78, 5) is 26.6. The van der Waals surface area contributed by atoms with E-state index in [1.807, 2.05) is 13.0 Å². The number of H-pyrrole nitrogens is 1. The molecule has 246 valence electrons. The molecule has 6 rings (SSSR count). The summed E-state index contributed by atoms with van der Waals surface area (Å²) in [7, 11) is 0. The Bertz CT molecular complexity index is 1880. The number of nitrogens with two attached hydrogens (primary N) is 1. The number of aromatic nitrogens is 4. The van der Waals surface area contributed by atoms with E-state index in [4.69, 9.17) is 5.73 Å². The highest BCUT2D eigenvalue weighted by molar-refractivity contribution is 6.12. The number of piperidine rings is 1. The highest BCUT2D eigenvalue weighted by atomic mass is 19.1. The Morgan fingerprint density at radius 2 is 1.66 bits per heavy atom. The Hall–Kier alpha value is -4.57. The molecule has 3 aromatic heterocycles. The van der Waals surface area contributed by atoms with Crippen LogP contribution in [0.25, 0.3) is 16.6 Å². The van der Waals surface area contributed by atoms with Crippen molar-refractivity contribution in [3.63, 3.8) is 0 Å². The number of aromatic amines is 1. The van der Waals surface area contributed by atoms with E-state index in [9.17, 15) is 13.6 Å². The zero-order valence-corrected chi connectivity index (χ0v) is 27.6. The molecule has 8 nitrogen and oxygen atoms in total. The quantitative estimate of drug-likeness (QED) is 0.149. The van der Waals surface area contributed by atoms with E-state index in [2.05, 4.69) is 57.8 Å². The predicted octanol–water partition coefficient (Wildman–Crippen LogP) is 7.14. The zero-order chi connectivity index (χ0) is 33.2. The van der Waals surface area contributed by atoms with Gasteiger partial charge in [-0.15, -0.1) is 0 Å². The van der Waals surface area contributed by atoms with E-state index >= 15 is 0 Å². The number of carbonyl (C=O) groups is 1. The number of nitrogens with one attached hydrogen (secondary N) is 1. The van der Waals surface area contributed by atoms with Gasteiger partial charge in [0.15, 0.2) is 0 Å². The van der Waals surface area contributed by atoms with Crippen molar-refractivity contribution in [2.75, 3.05) is 36.8 Å². The van der Waals surface area contributed by atoms with Gasteiger partial charge in [0.05, 0.1) is 29.3 Å². The molecule has 4 heterocycles. The molecule has 0 spiro atoms. The molecular formula is C37H43F2N7O. The number of ketones is 1. The minimum absolute atomic E-state index is 0.00826. The Morgan fingerprint density at radius 1 is 0.979 bits per heavy atom. The van der Waals surface area contributed by atoms with Crippen molar-refractivity contribution in [2.24, 2.45) is 0 Å². The lowest BCUT2D eigenvalue weighted by atomic mass is 10.0. The maximum absolute atomic E-state index is 14.2. The van der Waals surface area contributed by atoms with Crippen LogP contribution in [0, 0.1) is 25.5 Å². The molecule has 5 aromatic rings. The molecule has 1 aliphatic rings. The van der Waals surface area contributed by atoms with Gasteiger partial charge in [-0.1, -0.05) is 19.9 Å². The summed E-state index contributed by atoms with van der Waals surface area (Å²) in [5.74, 6) is -1.30. The van der Waals surface area contributed by atoms with Gasteiger partial charge in [-0.3, -0.25) is 9.78 Å². The fourth-order valence-electron chi connectivity index (χ4n) is 6.95. The SMILES string of the molecule is CCCN(CCC)C1CCN(c2cc3[nH]c(C(=O)c4cnn(-c5cnc(Cc6c(F)cccc6F)cc5C)c4N)cc3cc2C)CC1. The number of rotatable bonds is 11. The third-order valence-corrected chi connectivity index (χ3v) is 9.36. The van der Waals surface area contributed by atoms with Gasteiger partial charge in [0.2, 0.25) is 5.78 Å². The number of nitrogens with zero attached hydrogens (tertiary/aromatic N) is 5. The highest BCUT2D eigenvalue weighted by Crippen LogP contribution is 2.31. The monoisotopic (exact) mass is 639 g/mol. The number of anilines is 2. The summed E-state index contributed by atoms with van der Waals surface area (Å²) in [6, 6.07) is 12.4. The van der Waals surface area contributed by atoms with Gasteiger partial charge in [0.1, 0.15) is 17.5 Å². The Kier molecular flexibility index (Phi) is 9.40. The molecule has 0 radical (unpaired) electrons.